The van der Waals surface area contributed by atoms with Crippen molar-refractivity contribution in [3.63, 3.8) is 0 Å². The van der Waals surface area contributed by atoms with E-state index >= 15 is 0 Å². The highest BCUT2D eigenvalue weighted by molar-refractivity contribution is 6.33. The third-order valence-corrected chi connectivity index (χ3v) is 3.63. The number of carbonyl (C=O) groups is 1. The number of hydrogen-bond donors (Lipinski definition) is 2. The van der Waals surface area contributed by atoms with Crippen molar-refractivity contribution < 1.29 is 4.79 Å². The normalized spacial score (nSPS) is 23.6. The Morgan fingerprint density at radius 2 is 2.53 bits per heavy atom. The predicted molar refractivity (Wildman–Crippen MR) is 68.1 cm³/mol. The lowest BCUT2D eigenvalue weighted by atomic mass is 9.93. The number of anilines is 1. The number of halogens is 1. The average molecular weight is 254 g/mol. The van der Waals surface area contributed by atoms with Crippen LogP contribution in [0.2, 0.25) is 5.02 Å². The van der Waals surface area contributed by atoms with Crippen molar-refractivity contribution in [1.29, 1.82) is 0 Å². The van der Waals surface area contributed by atoms with Crippen molar-refractivity contribution in [3.8, 4) is 0 Å². The lowest BCUT2D eigenvalue weighted by Crippen LogP contribution is -2.50. The van der Waals surface area contributed by atoms with Crippen LogP contribution in [0.3, 0.4) is 0 Å². The van der Waals surface area contributed by atoms with Crippen LogP contribution in [0.25, 0.3) is 0 Å². The summed E-state index contributed by atoms with van der Waals surface area (Å²) in [6, 6.07) is 1.66. The second kappa shape index (κ2) is 5.02. The summed E-state index contributed by atoms with van der Waals surface area (Å²) in [6.45, 7) is 2.91. The summed E-state index contributed by atoms with van der Waals surface area (Å²) in [4.78, 5) is 16.2. The van der Waals surface area contributed by atoms with Crippen LogP contribution in [0.5, 0.6) is 0 Å². The molecule has 1 fully saturated rings. The molecule has 5 heteroatoms. The van der Waals surface area contributed by atoms with Crippen molar-refractivity contribution in [2.75, 3.05) is 11.9 Å². The fourth-order valence-corrected chi connectivity index (χ4v) is 2.33. The van der Waals surface area contributed by atoms with E-state index in [-0.39, 0.29) is 5.91 Å². The number of carbonyl (C=O) groups excluding carboxylic acids is 1. The van der Waals surface area contributed by atoms with Gasteiger partial charge in [0.2, 0.25) is 5.91 Å². The van der Waals surface area contributed by atoms with Gasteiger partial charge in [-0.1, -0.05) is 18.5 Å². The van der Waals surface area contributed by atoms with Crippen LogP contribution < -0.4 is 10.6 Å². The number of amides is 1. The molecule has 0 bridgehead atoms. The van der Waals surface area contributed by atoms with Gasteiger partial charge in [-0.25, -0.2) is 0 Å². The molecule has 0 saturated carbocycles. The lowest BCUT2D eigenvalue weighted by molar-refractivity contribution is -0.122. The van der Waals surface area contributed by atoms with Crippen molar-refractivity contribution in [2.24, 2.45) is 0 Å². The van der Waals surface area contributed by atoms with Gasteiger partial charge >= 0.3 is 0 Å². The molecule has 92 valence electrons. The Morgan fingerprint density at radius 3 is 3.12 bits per heavy atom. The first-order valence-electron chi connectivity index (χ1n) is 5.84. The zero-order valence-corrected chi connectivity index (χ0v) is 10.5. The molecule has 1 aliphatic heterocycles. The van der Waals surface area contributed by atoms with Crippen molar-refractivity contribution in [3.05, 3.63) is 23.5 Å². The third-order valence-electron chi connectivity index (χ3n) is 3.30. The summed E-state index contributed by atoms with van der Waals surface area (Å²) in [5.74, 6) is -0.0209. The quantitative estimate of drug-likeness (QED) is 0.868. The van der Waals surface area contributed by atoms with Gasteiger partial charge in [-0.05, 0) is 31.9 Å². The summed E-state index contributed by atoms with van der Waals surface area (Å²) in [7, 11) is 0. The number of aromatic nitrogens is 1. The number of pyridine rings is 1. The van der Waals surface area contributed by atoms with E-state index in [0.29, 0.717) is 10.7 Å². The van der Waals surface area contributed by atoms with Gasteiger partial charge in [0.1, 0.15) is 0 Å². The van der Waals surface area contributed by atoms with Crippen molar-refractivity contribution >= 4 is 23.2 Å². The maximum absolute atomic E-state index is 12.3. The van der Waals surface area contributed by atoms with Gasteiger partial charge in [0, 0.05) is 6.20 Å². The van der Waals surface area contributed by atoms with E-state index in [4.69, 9.17) is 11.6 Å². The van der Waals surface area contributed by atoms with E-state index in [9.17, 15) is 4.79 Å². The molecule has 4 nitrogen and oxygen atoms in total. The van der Waals surface area contributed by atoms with E-state index in [2.05, 4.69) is 15.6 Å². The number of nitrogens with one attached hydrogen (secondary N) is 2. The zero-order valence-electron chi connectivity index (χ0n) is 9.79. The van der Waals surface area contributed by atoms with Gasteiger partial charge in [0.15, 0.2) is 0 Å². The predicted octanol–water partition coefficient (Wildman–Crippen LogP) is 2.21. The molecular formula is C12H16ClN3O. The molecule has 0 radical (unpaired) electrons. The minimum Gasteiger partial charge on any atom is -0.322 e. The van der Waals surface area contributed by atoms with E-state index in [1.807, 2.05) is 6.92 Å². The lowest BCUT2D eigenvalue weighted by Gasteiger charge is -2.26. The largest absolute Gasteiger partial charge is 0.322 e. The molecule has 0 spiro atoms. The van der Waals surface area contributed by atoms with Crippen LogP contribution >= 0.6 is 11.6 Å². The Labute approximate surface area is 106 Å². The van der Waals surface area contributed by atoms with E-state index < -0.39 is 5.54 Å². The minimum absolute atomic E-state index is 0.0209. The summed E-state index contributed by atoms with van der Waals surface area (Å²) in [5.41, 5.74) is 0.125. The number of rotatable bonds is 3. The summed E-state index contributed by atoms with van der Waals surface area (Å²) in [5, 5.41) is 6.64. The highest BCUT2D eigenvalue weighted by Gasteiger charge is 2.39. The van der Waals surface area contributed by atoms with Crippen LogP contribution in [0.4, 0.5) is 5.69 Å². The molecule has 17 heavy (non-hydrogen) atoms. The Bertz CT molecular complexity index is 416. The zero-order chi connectivity index (χ0) is 12.3. The van der Waals surface area contributed by atoms with Crippen LogP contribution in [0.15, 0.2) is 18.5 Å². The smallest absolute Gasteiger partial charge is 0.244 e. The van der Waals surface area contributed by atoms with Crippen molar-refractivity contribution in [1.82, 2.24) is 10.3 Å². The maximum Gasteiger partial charge on any atom is 0.244 e. The van der Waals surface area contributed by atoms with Gasteiger partial charge in [0.05, 0.1) is 22.4 Å². The molecule has 2 N–H and O–H groups in total. The fourth-order valence-electron chi connectivity index (χ4n) is 2.17. The minimum atomic E-state index is -0.445. The third kappa shape index (κ3) is 2.42. The molecule has 1 aromatic rings. The Hall–Kier alpha value is -1.13. The van der Waals surface area contributed by atoms with Crippen molar-refractivity contribution in [2.45, 2.75) is 31.7 Å². The molecule has 0 aromatic carbocycles. The summed E-state index contributed by atoms with van der Waals surface area (Å²) >= 11 is 5.99. The first-order valence-corrected chi connectivity index (χ1v) is 6.22. The Morgan fingerprint density at radius 1 is 1.71 bits per heavy atom. The van der Waals surface area contributed by atoms with Gasteiger partial charge < -0.3 is 10.6 Å². The molecule has 2 heterocycles. The molecule has 1 amide bonds. The monoisotopic (exact) mass is 253 g/mol. The topological polar surface area (TPSA) is 54.0 Å². The molecule has 1 atom stereocenters. The van der Waals surface area contributed by atoms with Crippen LogP contribution in [0, 0.1) is 0 Å². The first kappa shape index (κ1) is 12.3. The molecule has 1 saturated heterocycles. The van der Waals surface area contributed by atoms with E-state index in [1.54, 1.807) is 18.5 Å². The van der Waals surface area contributed by atoms with E-state index in [1.165, 1.54) is 0 Å². The number of hydrogen-bond acceptors (Lipinski definition) is 3. The van der Waals surface area contributed by atoms with Crippen LogP contribution in [-0.2, 0) is 4.79 Å². The first-order chi connectivity index (χ1) is 8.18. The fraction of sp³-hybridized carbons (Fsp3) is 0.500. The summed E-state index contributed by atoms with van der Waals surface area (Å²) < 4.78 is 0. The SMILES string of the molecule is CCC1(C(=O)Nc2cnccc2Cl)CCCN1. The maximum atomic E-state index is 12.3. The van der Waals surface area contributed by atoms with Crippen LogP contribution in [0.1, 0.15) is 26.2 Å². The van der Waals surface area contributed by atoms with Gasteiger partial charge in [-0.2, -0.15) is 0 Å². The second-order valence-corrected chi connectivity index (χ2v) is 4.68. The molecular weight excluding hydrogens is 238 g/mol. The van der Waals surface area contributed by atoms with Gasteiger partial charge in [0.25, 0.3) is 0 Å². The summed E-state index contributed by atoms with van der Waals surface area (Å²) in [6.07, 6.45) is 5.84. The molecule has 2 rings (SSSR count). The highest BCUT2D eigenvalue weighted by Crippen LogP contribution is 2.26. The standard InChI is InChI=1S/C12H16ClN3O/c1-2-12(5-3-6-15-12)11(17)16-10-8-14-7-4-9(10)13/h4,7-8,15H,2-3,5-6H2,1H3,(H,16,17). The highest BCUT2D eigenvalue weighted by atomic mass is 35.5. The molecule has 1 aromatic heterocycles. The Balaban J connectivity index is 2.14. The van der Waals surface area contributed by atoms with Crippen LogP contribution in [-0.4, -0.2) is 23.0 Å². The molecule has 1 aliphatic rings. The Kier molecular flexibility index (Phi) is 3.64. The number of nitrogens with zero attached hydrogens (tertiary/aromatic N) is 1. The van der Waals surface area contributed by atoms with Gasteiger partial charge in [-0.15, -0.1) is 0 Å². The molecule has 1 unspecified atom stereocenters. The van der Waals surface area contributed by atoms with Gasteiger partial charge in [-0.3, -0.25) is 9.78 Å². The molecule has 0 aliphatic carbocycles. The van der Waals surface area contributed by atoms with E-state index in [0.717, 1.165) is 25.8 Å². The average Bonchev–Trinajstić information content (AvgIpc) is 2.82. The second-order valence-electron chi connectivity index (χ2n) is 4.28.